The Morgan fingerprint density at radius 1 is 1.35 bits per heavy atom. The summed E-state index contributed by atoms with van der Waals surface area (Å²) in [5.41, 5.74) is 1.11. The first-order valence-electron chi connectivity index (χ1n) is 6.78. The van der Waals surface area contributed by atoms with Crippen molar-refractivity contribution in [3.8, 4) is 0 Å². The number of nitrogens with zero attached hydrogens (tertiary/aromatic N) is 1. The standard InChI is InChI=1S/C15H24ClN3S/c1-5-17-14(19-11-15(2,3)20-4)18-10-12-7-6-8-13(16)9-12/h6-9H,5,10-11H2,1-4H3,(H2,17,18,19). The van der Waals surface area contributed by atoms with E-state index in [4.69, 9.17) is 11.6 Å². The van der Waals surface area contributed by atoms with Crippen LogP contribution in [-0.4, -0.2) is 30.1 Å². The molecular weight excluding hydrogens is 290 g/mol. The highest BCUT2D eigenvalue weighted by atomic mass is 35.5. The zero-order valence-corrected chi connectivity index (χ0v) is 14.2. The number of benzene rings is 1. The van der Waals surface area contributed by atoms with Crippen molar-refractivity contribution in [1.29, 1.82) is 0 Å². The fraction of sp³-hybridized carbons (Fsp3) is 0.533. The quantitative estimate of drug-likeness (QED) is 0.623. The molecule has 0 aliphatic carbocycles. The van der Waals surface area contributed by atoms with Crippen molar-refractivity contribution in [2.75, 3.05) is 19.3 Å². The average molecular weight is 314 g/mol. The molecule has 0 fully saturated rings. The lowest BCUT2D eigenvalue weighted by atomic mass is 10.2. The van der Waals surface area contributed by atoms with Gasteiger partial charge in [-0.3, -0.25) is 0 Å². The Hall–Kier alpha value is -0.870. The number of hydrogen-bond acceptors (Lipinski definition) is 2. The molecule has 3 nitrogen and oxygen atoms in total. The van der Waals surface area contributed by atoms with Crippen LogP contribution >= 0.6 is 23.4 Å². The second kappa shape index (κ2) is 8.42. The van der Waals surface area contributed by atoms with E-state index < -0.39 is 0 Å². The Labute approximate surface area is 131 Å². The maximum Gasteiger partial charge on any atom is 0.191 e. The van der Waals surface area contributed by atoms with Crippen molar-refractivity contribution in [3.05, 3.63) is 34.9 Å². The topological polar surface area (TPSA) is 36.4 Å². The van der Waals surface area contributed by atoms with Crippen molar-refractivity contribution < 1.29 is 0 Å². The molecule has 0 aromatic heterocycles. The maximum atomic E-state index is 5.98. The summed E-state index contributed by atoms with van der Waals surface area (Å²) < 4.78 is 0.187. The Bertz CT molecular complexity index is 446. The smallest absolute Gasteiger partial charge is 0.191 e. The minimum Gasteiger partial charge on any atom is -0.357 e. The van der Waals surface area contributed by atoms with Gasteiger partial charge in [-0.15, -0.1) is 0 Å². The van der Waals surface area contributed by atoms with Gasteiger partial charge in [-0.05, 0) is 44.7 Å². The fourth-order valence-corrected chi connectivity index (χ4v) is 1.95. The zero-order valence-electron chi connectivity index (χ0n) is 12.7. The Morgan fingerprint density at radius 2 is 2.10 bits per heavy atom. The number of nitrogens with one attached hydrogen (secondary N) is 2. The zero-order chi connectivity index (χ0) is 15.0. The third-order valence-electron chi connectivity index (χ3n) is 2.89. The molecule has 2 N–H and O–H groups in total. The summed E-state index contributed by atoms with van der Waals surface area (Å²) in [7, 11) is 0. The SMILES string of the molecule is CCNC(=NCc1cccc(Cl)c1)NCC(C)(C)SC. The second-order valence-electron chi connectivity index (χ2n) is 5.14. The van der Waals surface area contributed by atoms with Gasteiger partial charge in [0, 0.05) is 22.9 Å². The lowest BCUT2D eigenvalue weighted by Gasteiger charge is -2.23. The van der Waals surface area contributed by atoms with Crippen molar-refractivity contribution in [1.82, 2.24) is 10.6 Å². The second-order valence-corrected chi connectivity index (χ2v) is 7.09. The minimum absolute atomic E-state index is 0.187. The normalized spacial score (nSPS) is 12.3. The first-order chi connectivity index (χ1) is 9.46. The van der Waals surface area contributed by atoms with Gasteiger partial charge in [0.05, 0.1) is 6.54 Å². The van der Waals surface area contributed by atoms with Crippen molar-refractivity contribution in [2.45, 2.75) is 32.1 Å². The average Bonchev–Trinajstić information content (AvgIpc) is 2.42. The van der Waals surface area contributed by atoms with E-state index >= 15 is 0 Å². The molecule has 0 amide bonds. The molecule has 0 aliphatic rings. The largest absolute Gasteiger partial charge is 0.357 e. The van der Waals surface area contributed by atoms with Crippen LogP contribution < -0.4 is 10.6 Å². The van der Waals surface area contributed by atoms with Crippen LogP contribution in [0.5, 0.6) is 0 Å². The third kappa shape index (κ3) is 6.53. The Morgan fingerprint density at radius 3 is 2.70 bits per heavy atom. The lowest BCUT2D eigenvalue weighted by molar-refractivity contribution is 0.665. The van der Waals surface area contributed by atoms with E-state index in [0.29, 0.717) is 6.54 Å². The highest BCUT2D eigenvalue weighted by Crippen LogP contribution is 2.19. The molecule has 1 aromatic rings. The molecule has 0 aliphatic heterocycles. The molecule has 0 atom stereocenters. The minimum atomic E-state index is 0.187. The molecule has 0 spiro atoms. The van der Waals surface area contributed by atoms with Gasteiger partial charge >= 0.3 is 0 Å². The molecule has 1 rings (SSSR count). The maximum absolute atomic E-state index is 5.98. The van der Waals surface area contributed by atoms with Gasteiger partial charge in [0.15, 0.2) is 5.96 Å². The molecule has 0 radical (unpaired) electrons. The fourth-order valence-electron chi connectivity index (χ4n) is 1.52. The molecule has 0 saturated carbocycles. The van der Waals surface area contributed by atoms with Crippen molar-refractivity contribution >= 4 is 29.3 Å². The summed E-state index contributed by atoms with van der Waals surface area (Å²) in [4.78, 5) is 4.59. The Balaban J connectivity index is 2.63. The summed E-state index contributed by atoms with van der Waals surface area (Å²) in [6.07, 6.45) is 2.12. The summed E-state index contributed by atoms with van der Waals surface area (Å²) in [5, 5.41) is 7.39. The monoisotopic (exact) mass is 313 g/mol. The molecule has 1 aromatic carbocycles. The molecule has 0 saturated heterocycles. The van der Waals surface area contributed by atoms with Crippen LogP contribution in [-0.2, 0) is 6.54 Å². The number of rotatable bonds is 6. The lowest BCUT2D eigenvalue weighted by Crippen LogP contribution is -2.43. The number of aliphatic imine (C=N–C) groups is 1. The van der Waals surface area contributed by atoms with Gasteiger partial charge < -0.3 is 10.6 Å². The van der Waals surface area contributed by atoms with E-state index in [1.165, 1.54) is 0 Å². The molecule has 0 unspecified atom stereocenters. The molecule has 5 heteroatoms. The van der Waals surface area contributed by atoms with Crippen LogP contribution in [0.15, 0.2) is 29.3 Å². The van der Waals surface area contributed by atoms with Crippen LogP contribution in [0.3, 0.4) is 0 Å². The van der Waals surface area contributed by atoms with Crippen molar-refractivity contribution in [3.63, 3.8) is 0 Å². The molecule has 0 bridgehead atoms. The summed E-state index contributed by atoms with van der Waals surface area (Å²) in [5.74, 6) is 0.842. The highest BCUT2D eigenvalue weighted by Gasteiger charge is 2.15. The molecule has 0 heterocycles. The summed E-state index contributed by atoms with van der Waals surface area (Å²) >= 11 is 7.82. The Kier molecular flexibility index (Phi) is 7.24. The van der Waals surface area contributed by atoms with Gasteiger partial charge in [-0.25, -0.2) is 4.99 Å². The first-order valence-corrected chi connectivity index (χ1v) is 8.39. The van der Waals surface area contributed by atoms with Gasteiger partial charge in [0.1, 0.15) is 0 Å². The number of halogens is 1. The van der Waals surface area contributed by atoms with Gasteiger partial charge in [-0.2, -0.15) is 11.8 Å². The molecular formula is C15H24ClN3S. The number of guanidine groups is 1. The van der Waals surface area contributed by atoms with E-state index in [0.717, 1.165) is 29.6 Å². The summed E-state index contributed by atoms with van der Waals surface area (Å²) in [6, 6.07) is 7.80. The summed E-state index contributed by atoms with van der Waals surface area (Å²) in [6.45, 7) is 8.83. The highest BCUT2D eigenvalue weighted by molar-refractivity contribution is 7.99. The predicted molar refractivity (Wildman–Crippen MR) is 91.9 cm³/mol. The van der Waals surface area contributed by atoms with Gasteiger partial charge in [0.2, 0.25) is 0 Å². The van der Waals surface area contributed by atoms with Crippen molar-refractivity contribution in [2.24, 2.45) is 4.99 Å². The molecule has 20 heavy (non-hydrogen) atoms. The van der Waals surface area contributed by atoms with Crippen LogP contribution in [0.25, 0.3) is 0 Å². The van der Waals surface area contributed by atoms with Crippen LogP contribution in [0.4, 0.5) is 0 Å². The van der Waals surface area contributed by atoms with E-state index in [9.17, 15) is 0 Å². The predicted octanol–water partition coefficient (Wildman–Crippen LogP) is 3.54. The molecule has 112 valence electrons. The van der Waals surface area contributed by atoms with E-state index in [1.807, 2.05) is 36.0 Å². The van der Waals surface area contributed by atoms with Crippen LogP contribution in [0.1, 0.15) is 26.3 Å². The number of hydrogen-bond donors (Lipinski definition) is 2. The van der Waals surface area contributed by atoms with Crippen LogP contribution in [0.2, 0.25) is 5.02 Å². The third-order valence-corrected chi connectivity index (χ3v) is 4.37. The van der Waals surface area contributed by atoms with E-state index in [1.54, 1.807) is 0 Å². The van der Waals surface area contributed by atoms with Gasteiger partial charge in [0.25, 0.3) is 0 Å². The number of thioether (sulfide) groups is 1. The van der Waals surface area contributed by atoms with E-state index in [-0.39, 0.29) is 4.75 Å². The van der Waals surface area contributed by atoms with Gasteiger partial charge in [-0.1, -0.05) is 23.7 Å². The first kappa shape index (κ1) is 17.2. The van der Waals surface area contributed by atoms with E-state index in [2.05, 4.69) is 42.7 Å². The van der Waals surface area contributed by atoms with Crippen LogP contribution in [0, 0.1) is 0 Å².